The van der Waals surface area contributed by atoms with Gasteiger partial charge in [-0.05, 0) is 67.8 Å². The van der Waals surface area contributed by atoms with Crippen LogP contribution < -0.4 is 9.64 Å². The normalized spacial score (nSPS) is 17.5. The van der Waals surface area contributed by atoms with E-state index in [9.17, 15) is 14.7 Å². The summed E-state index contributed by atoms with van der Waals surface area (Å²) in [5.41, 5.74) is 3.72. The predicted octanol–water partition coefficient (Wildman–Crippen LogP) is 5.98. The van der Waals surface area contributed by atoms with E-state index in [0.717, 1.165) is 11.1 Å². The smallest absolute Gasteiger partial charge is 0.300 e. The third kappa shape index (κ3) is 4.24. The maximum atomic E-state index is 13.3. The summed E-state index contributed by atoms with van der Waals surface area (Å²) in [6, 6.07) is 18.5. The minimum Gasteiger partial charge on any atom is -0.507 e. The number of carbonyl (C=O) groups excluding carboxylic acids is 2. The Kier molecular flexibility index (Phi) is 6.25. The molecular formula is C27H24ClNO4. The van der Waals surface area contributed by atoms with Crippen molar-refractivity contribution in [2.75, 3.05) is 11.5 Å². The highest BCUT2D eigenvalue weighted by Gasteiger charge is 2.47. The van der Waals surface area contributed by atoms with Crippen LogP contribution in [0.25, 0.3) is 5.76 Å². The molecule has 0 aromatic heterocycles. The molecule has 3 aromatic carbocycles. The van der Waals surface area contributed by atoms with E-state index >= 15 is 0 Å². The third-order valence-electron chi connectivity index (χ3n) is 5.82. The lowest BCUT2D eigenvalue weighted by atomic mass is 9.94. The molecule has 0 spiro atoms. The second-order valence-electron chi connectivity index (χ2n) is 7.95. The molecular weight excluding hydrogens is 438 g/mol. The van der Waals surface area contributed by atoms with Crippen LogP contribution in [0.4, 0.5) is 5.69 Å². The van der Waals surface area contributed by atoms with Crippen molar-refractivity contribution in [3.63, 3.8) is 0 Å². The van der Waals surface area contributed by atoms with Crippen LogP contribution in [0.5, 0.6) is 5.75 Å². The van der Waals surface area contributed by atoms with E-state index in [1.54, 1.807) is 54.6 Å². The quantitative estimate of drug-likeness (QED) is 0.288. The van der Waals surface area contributed by atoms with Gasteiger partial charge in [-0.2, -0.15) is 0 Å². The van der Waals surface area contributed by atoms with Gasteiger partial charge in [-0.25, -0.2) is 0 Å². The number of hydrogen-bond acceptors (Lipinski definition) is 4. The number of halogens is 1. The maximum Gasteiger partial charge on any atom is 0.300 e. The van der Waals surface area contributed by atoms with Crippen molar-refractivity contribution in [2.45, 2.75) is 26.8 Å². The number of anilines is 1. The van der Waals surface area contributed by atoms with Crippen LogP contribution in [0, 0.1) is 13.8 Å². The lowest BCUT2D eigenvalue weighted by Gasteiger charge is -2.26. The molecule has 0 aliphatic carbocycles. The summed E-state index contributed by atoms with van der Waals surface area (Å²) in [5.74, 6) is -1.08. The fourth-order valence-electron chi connectivity index (χ4n) is 3.99. The summed E-state index contributed by atoms with van der Waals surface area (Å²) in [6.07, 6.45) is 0. The number of rotatable bonds is 5. The highest BCUT2D eigenvalue weighted by Crippen LogP contribution is 2.43. The van der Waals surface area contributed by atoms with E-state index in [2.05, 4.69) is 0 Å². The largest absolute Gasteiger partial charge is 0.507 e. The van der Waals surface area contributed by atoms with Crippen LogP contribution in [0.15, 0.2) is 72.3 Å². The number of benzene rings is 3. The molecule has 0 bridgehead atoms. The molecule has 1 N–H and O–H groups in total. The Morgan fingerprint density at radius 1 is 1.00 bits per heavy atom. The van der Waals surface area contributed by atoms with Crippen LogP contribution in [-0.4, -0.2) is 23.4 Å². The SMILES string of the molecule is CCOc1cccc(N2C(=O)C(=O)/C(=C(/O)c3ccc(C)c(C)c3)C2c2ccc(Cl)cc2)c1. The van der Waals surface area contributed by atoms with Crippen LogP contribution in [0.1, 0.15) is 35.2 Å². The molecule has 0 radical (unpaired) electrons. The van der Waals surface area contributed by atoms with E-state index < -0.39 is 17.7 Å². The number of aliphatic hydroxyl groups excluding tert-OH is 1. The van der Waals surface area contributed by atoms with Crippen molar-refractivity contribution in [3.8, 4) is 5.75 Å². The van der Waals surface area contributed by atoms with Gasteiger partial charge >= 0.3 is 0 Å². The number of Topliss-reactive ketones (excluding diaryl/α,β-unsaturated/α-hetero) is 1. The molecule has 6 heteroatoms. The fourth-order valence-corrected chi connectivity index (χ4v) is 4.12. The average Bonchev–Trinajstić information content (AvgIpc) is 3.06. The van der Waals surface area contributed by atoms with Crippen LogP contribution in [0.2, 0.25) is 5.02 Å². The molecule has 1 heterocycles. The molecule has 1 aliphatic heterocycles. The van der Waals surface area contributed by atoms with E-state index in [-0.39, 0.29) is 11.3 Å². The lowest BCUT2D eigenvalue weighted by molar-refractivity contribution is -0.132. The average molecular weight is 462 g/mol. The van der Waals surface area contributed by atoms with Crippen molar-refractivity contribution in [1.82, 2.24) is 0 Å². The number of ketones is 1. The Balaban J connectivity index is 1.93. The topological polar surface area (TPSA) is 66.8 Å². The molecule has 5 nitrogen and oxygen atoms in total. The molecule has 1 fully saturated rings. The Bertz CT molecular complexity index is 1260. The zero-order chi connectivity index (χ0) is 23.7. The van der Waals surface area contributed by atoms with Crippen molar-refractivity contribution in [2.24, 2.45) is 0 Å². The summed E-state index contributed by atoms with van der Waals surface area (Å²) in [6.45, 7) is 6.24. The highest BCUT2D eigenvalue weighted by atomic mass is 35.5. The molecule has 33 heavy (non-hydrogen) atoms. The Morgan fingerprint density at radius 2 is 1.73 bits per heavy atom. The first-order chi connectivity index (χ1) is 15.8. The van der Waals surface area contributed by atoms with E-state index in [1.165, 1.54) is 4.90 Å². The van der Waals surface area contributed by atoms with Gasteiger partial charge in [0.2, 0.25) is 0 Å². The maximum absolute atomic E-state index is 13.3. The van der Waals surface area contributed by atoms with Gasteiger partial charge in [-0.15, -0.1) is 0 Å². The number of carbonyl (C=O) groups is 2. The first kappa shape index (κ1) is 22.6. The van der Waals surface area contributed by atoms with Gasteiger partial charge in [0.1, 0.15) is 11.5 Å². The molecule has 1 aliphatic rings. The van der Waals surface area contributed by atoms with Crippen molar-refractivity contribution >= 4 is 34.7 Å². The number of amides is 1. The minimum atomic E-state index is -0.819. The summed E-state index contributed by atoms with van der Waals surface area (Å²) >= 11 is 6.09. The Labute approximate surface area is 197 Å². The molecule has 0 saturated carbocycles. The number of ether oxygens (including phenoxy) is 1. The van der Waals surface area contributed by atoms with E-state index in [0.29, 0.717) is 34.2 Å². The molecule has 1 atom stereocenters. The van der Waals surface area contributed by atoms with Gasteiger partial charge in [-0.3, -0.25) is 14.5 Å². The second kappa shape index (κ2) is 9.12. The fraction of sp³-hybridized carbons (Fsp3) is 0.185. The van der Waals surface area contributed by atoms with Gasteiger partial charge < -0.3 is 9.84 Å². The Hall–Kier alpha value is -3.57. The summed E-state index contributed by atoms with van der Waals surface area (Å²) in [5, 5.41) is 11.8. The van der Waals surface area contributed by atoms with Crippen LogP contribution >= 0.6 is 11.6 Å². The molecule has 168 valence electrons. The predicted molar refractivity (Wildman–Crippen MR) is 130 cm³/mol. The zero-order valence-corrected chi connectivity index (χ0v) is 19.4. The highest BCUT2D eigenvalue weighted by molar-refractivity contribution is 6.51. The first-order valence-electron chi connectivity index (χ1n) is 10.7. The van der Waals surface area contributed by atoms with Crippen molar-refractivity contribution in [3.05, 3.63) is 99.6 Å². The lowest BCUT2D eigenvalue weighted by Crippen LogP contribution is -2.29. The summed E-state index contributed by atoms with van der Waals surface area (Å²) in [7, 11) is 0. The summed E-state index contributed by atoms with van der Waals surface area (Å²) < 4.78 is 5.59. The number of aliphatic hydroxyl groups is 1. The first-order valence-corrected chi connectivity index (χ1v) is 11.1. The summed E-state index contributed by atoms with van der Waals surface area (Å²) in [4.78, 5) is 27.9. The number of aryl methyl sites for hydroxylation is 2. The zero-order valence-electron chi connectivity index (χ0n) is 18.6. The third-order valence-corrected chi connectivity index (χ3v) is 6.07. The molecule has 1 amide bonds. The number of nitrogens with zero attached hydrogens (tertiary/aromatic N) is 1. The second-order valence-corrected chi connectivity index (χ2v) is 8.39. The standard InChI is InChI=1S/C27H24ClNO4/c1-4-33-22-7-5-6-21(15-22)29-24(18-10-12-20(28)13-11-18)23(26(31)27(29)32)25(30)19-9-8-16(2)17(3)14-19/h5-15,24,30H,4H2,1-3H3/b25-23+. The monoisotopic (exact) mass is 461 g/mol. The van der Waals surface area contributed by atoms with Crippen LogP contribution in [-0.2, 0) is 9.59 Å². The van der Waals surface area contributed by atoms with E-state index in [4.69, 9.17) is 16.3 Å². The molecule has 1 unspecified atom stereocenters. The van der Waals surface area contributed by atoms with Gasteiger partial charge in [0.25, 0.3) is 11.7 Å². The van der Waals surface area contributed by atoms with E-state index in [1.807, 2.05) is 32.9 Å². The molecule has 1 saturated heterocycles. The minimum absolute atomic E-state index is 0.0346. The van der Waals surface area contributed by atoms with Crippen LogP contribution in [0.3, 0.4) is 0 Å². The molecule has 4 rings (SSSR count). The van der Waals surface area contributed by atoms with Gasteiger partial charge in [-0.1, -0.05) is 41.9 Å². The van der Waals surface area contributed by atoms with Crippen molar-refractivity contribution < 1.29 is 19.4 Å². The Morgan fingerprint density at radius 3 is 2.39 bits per heavy atom. The van der Waals surface area contributed by atoms with Crippen molar-refractivity contribution in [1.29, 1.82) is 0 Å². The van der Waals surface area contributed by atoms with Gasteiger partial charge in [0.15, 0.2) is 0 Å². The number of hydrogen-bond donors (Lipinski definition) is 1. The molecule has 3 aromatic rings. The van der Waals surface area contributed by atoms with Gasteiger partial charge in [0.05, 0.1) is 18.2 Å². The van der Waals surface area contributed by atoms with Gasteiger partial charge in [0, 0.05) is 22.3 Å².